The van der Waals surface area contributed by atoms with Crippen molar-refractivity contribution in [3.05, 3.63) is 65.2 Å². The summed E-state index contributed by atoms with van der Waals surface area (Å²) in [4.78, 5) is 12.2. The second-order valence-corrected chi connectivity index (χ2v) is 5.20. The molecule has 0 aliphatic rings. The van der Waals surface area contributed by atoms with Gasteiger partial charge in [0.15, 0.2) is 0 Å². The number of hydrogen-bond donors (Lipinski definition) is 1. The lowest BCUT2D eigenvalue weighted by molar-refractivity contribution is -0.137. The Hall–Kier alpha value is -3.27. The Morgan fingerprint density at radius 2 is 1.77 bits per heavy atom. The number of halogens is 3. The Morgan fingerprint density at radius 1 is 1.15 bits per heavy atom. The summed E-state index contributed by atoms with van der Waals surface area (Å²) in [5.41, 5.74) is -0.242. The van der Waals surface area contributed by atoms with E-state index in [0.717, 1.165) is 12.1 Å². The number of carbonyl (C=O) groups is 1. The predicted molar refractivity (Wildman–Crippen MR) is 91.3 cm³/mol. The maximum absolute atomic E-state index is 12.6. The van der Waals surface area contributed by atoms with Crippen molar-refractivity contribution in [2.75, 3.05) is 11.9 Å². The van der Waals surface area contributed by atoms with Gasteiger partial charge in [-0.25, -0.2) is 0 Å². The van der Waals surface area contributed by atoms with Gasteiger partial charge in [-0.05, 0) is 55.0 Å². The zero-order valence-electron chi connectivity index (χ0n) is 13.8. The monoisotopic (exact) mass is 360 g/mol. The van der Waals surface area contributed by atoms with Crippen LogP contribution in [0.4, 0.5) is 18.9 Å². The van der Waals surface area contributed by atoms with Gasteiger partial charge in [-0.1, -0.05) is 12.1 Å². The largest absolute Gasteiger partial charge is 0.494 e. The molecule has 0 unspecified atom stereocenters. The first-order chi connectivity index (χ1) is 12.3. The van der Waals surface area contributed by atoms with E-state index in [1.165, 1.54) is 18.2 Å². The van der Waals surface area contributed by atoms with Gasteiger partial charge in [0.1, 0.15) is 17.4 Å². The van der Waals surface area contributed by atoms with Gasteiger partial charge in [0, 0.05) is 5.69 Å². The van der Waals surface area contributed by atoms with Crippen LogP contribution in [0, 0.1) is 11.3 Å². The number of ether oxygens (including phenoxy) is 1. The first-order valence-electron chi connectivity index (χ1n) is 7.66. The molecule has 1 amide bonds. The molecule has 26 heavy (non-hydrogen) atoms. The van der Waals surface area contributed by atoms with Gasteiger partial charge in [-0.3, -0.25) is 4.79 Å². The Bertz CT molecular complexity index is 833. The number of amides is 1. The van der Waals surface area contributed by atoms with Crippen LogP contribution in [0.5, 0.6) is 5.75 Å². The van der Waals surface area contributed by atoms with E-state index in [2.05, 4.69) is 5.32 Å². The van der Waals surface area contributed by atoms with E-state index in [4.69, 9.17) is 10.00 Å². The Kier molecular flexibility index (Phi) is 6.02. The first-order valence-corrected chi connectivity index (χ1v) is 7.66. The average Bonchev–Trinajstić information content (AvgIpc) is 2.61. The zero-order valence-corrected chi connectivity index (χ0v) is 13.8. The number of rotatable bonds is 5. The van der Waals surface area contributed by atoms with Crippen LogP contribution in [0.1, 0.15) is 18.1 Å². The highest BCUT2D eigenvalue weighted by molar-refractivity contribution is 6.09. The average molecular weight is 360 g/mol. The summed E-state index contributed by atoms with van der Waals surface area (Å²) >= 11 is 0. The van der Waals surface area contributed by atoms with Gasteiger partial charge in [-0.15, -0.1) is 0 Å². The molecular formula is C19H15F3N2O2. The lowest BCUT2D eigenvalue weighted by Crippen LogP contribution is -2.13. The molecule has 0 bridgehead atoms. The minimum atomic E-state index is -4.44. The molecule has 2 rings (SSSR count). The fourth-order valence-corrected chi connectivity index (χ4v) is 2.08. The third kappa shape index (κ3) is 5.11. The van der Waals surface area contributed by atoms with Crippen molar-refractivity contribution in [1.82, 2.24) is 0 Å². The molecular weight excluding hydrogens is 345 g/mol. The third-order valence-corrected chi connectivity index (χ3v) is 3.34. The van der Waals surface area contributed by atoms with Crippen LogP contribution in [0.15, 0.2) is 54.1 Å². The molecule has 0 aliphatic heterocycles. The molecule has 0 fully saturated rings. The number of nitriles is 1. The summed E-state index contributed by atoms with van der Waals surface area (Å²) in [6, 6.07) is 12.5. The van der Waals surface area contributed by atoms with Gasteiger partial charge >= 0.3 is 6.18 Å². The van der Waals surface area contributed by atoms with Crippen LogP contribution < -0.4 is 10.1 Å². The highest BCUT2D eigenvalue weighted by Gasteiger charge is 2.29. The second kappa shape index (κ2) is 8.21. The molecule has 0 saturated heterocycles. The van der Waals surface area contributed by atoms with E-state index in [0.29, 0.717) is 23.6 Å². The number of benzene rings is 2. The smallest absolute Gasteiger partial charge is 0.416 e. The molecule has 7 heteroatoms. The van der Waals surface area contributed by atoms with Crippen LogP contribution in [-0.4, -0.2) is 12.5 Å². The van der Waals surface area contributed by atoms with Crippen molar-refractivity contribution in [3.63, 3.8) is 0 Å². The Morgan fingerprint density at radius 3 is 2.27 bits per heavy atom. The molecule has 134 valence electrons. The topological polar surface area (TPSA) is 62.1 Å². The minimum Gasteiger partial charge on any atom is -0.494 e. The summed E-state index contributed by atoms with van der Waals surface area (Å²) < 4.78 is 43.0. The molecule has 0 heterocycles. The summed E-state index contributed by atoms with van der Waals surface area (Å²) in [5, 5.41) is 11.7. The van der Waals surface area contributed by atoms with Gasteiger partial charge in [0.05, 0.1) is 12.2 Å². The third-order valence-electron chi connectivity index (χ3n) is 3.34. The maximum atomic E-state index is 12.6. The number of anilines is 1. The number of nitrogens with zero attached hydrogens (tertiary/aromatic N) is 1. The summed E-state index contributed by atoms with van der Waals surface area (Å²) in [7, 11) is 0. The Balaban J connectivity index is 2.12. The summed E-state index contributed by atoms with van der Waals surface area (Å²) in [6.07, 6.45) is -3.21. The summed E-state index contributed by atoms with van der Waals surface area (Å²) in [5.74, 6) is -0.0112. The normalized spacial score (nSPS) is 11.6. The van der Waals surface area contributed by atoms with E-state index < -0.39 is 17.6 Å². The zero-order chi connectivity index (χ0) is 19.2. The van der Waals surface area contributed by atoms with Crippen LogP contribution >= 0.6 is 0 Å². The molecule has 0 atom stereocenters. The first kappa shape index (κ1) is 19.1. The minimum absolute atomic E-state index is 0.223. The molecule has 2 aromatic rings. The van der Waals surface area contributed by atoms with Crippen molar-refractivity contribution in [2.24, 2.45) is 0 Å². The van der Waals surface area contributed by atoms with Crippen molar-refractivity contribution in [3.8, 4) is 11.8 Å². The quantitative estimate of drug-likeness (QED) is 0.624. The molecule has 0 radical (unpaired) electrons. The lowest BCUT2D eigenvalue weighted by Gasteiger charge is -2.07. The molecule has 0 aromatic heterocycles. The predicted octanol–water partition coefficient (Wildman–Crippen LogP) is 4.65. The molecule has 2 aromatic carbocycles. The number of hydrogen-bond acceptors (Lipinski definition) is 3. The maximum Gasteiger partial charge on any atom is 0.416 e. The van der Waals surface area contributed by atoms with Crippen molar-refractivity contribution in [2.45, 2.75) is 13.1 Å². The number of carbonyl (C=O) groups excluding carboxylic acids is 1. The Labute approximate surface area is 148 Å². The van der Waals surface area contributed by atoms with Crippen molar-refractivity contribution >= 4 is 17.7 Å². The van der Waals surface area contributed by atoms with Crippen LogP contribution in [-0.2, 0) is 11.0 Å². The highest BCUT2D eigenvalue weighted by atomic mass is 19.4. The molecule has 0 spiro atoms. The SMILES string of the molecule is CCOc1ccc(NC(=O)/C(C#N)=C/c2ccc(C(F)(F)F)cc2)cc1. The van der Waals surface area contributed by atoms with Crippen molar-refractivity contribution in [1.29, 1.82) is 5.26 Å². The molecule has 1 N–H and O–H groups in total. The van der Waals surface area contributed by atoms with E-state index in [-0.39, 0.29) is 5.57 Å². The van der Waals surface area contributed by atoms with E-state index in [9.17, 15) is 18.0 Å². The summed E-state index contributed by atoms with van der Waals surface area (Å²) in [6.45, 7) is 2.36. The lowest BCUT2D eigenvalue weighted by atomic mass is 10.1. The van der Waals surface area contributed by atoms with Gasteiger partial charge < -0.3 is 10.1 Å². The van der Waals surface area contributed by atoms with Crippen molar-refractivity contribution < 1.29 is 22.7 Å². The van der Waals surface area contributed by atoms with Gasteiger partial charge in [0.25, 0.3) is 5.91 Å². The van der Waals surface area contributed by atoms with E-state index in [1.807, 2.05) is 6.92 Å². The van der Waals surface area contributed by atoms with Crippen LogP contribution in [0.25, 0.3) is 6.08 Å². The molecule has 4 nitrogen and oxygen atoms in total. The number of alkyl halides is 3. The van der Waals surface area contributed by atoms with Crippen LogP contribution in [0.3, 0.4) is 0 Å². The molecule has 0 aliphatic carbocycles. The fraction of sp³-hybridized carbons (Fsp3) is 0.158. The van der Waals surface area contributed by atoms with E-state index >= 15 is 0 Å². The standard InChI is InChI=1S/C19H15F3N2O2/c1-2-26-17-9-7-16(8-10-17)24-18(25)14(12-23)11-13-3-5-15(6-4-13)19(20,21)22/h3-11H,2H2,1H3,(H,24,25)/b14-11+. The highest BCUT2D eigenvalue weighted by Crippen LogP contribution is 2.29. The molecule has 0 saturated carbocycles. The van der Waals surface area contributed by atoms with Gasteiger partial charge in [-0.2, -0.15) is 18.4 Å². The fourth-order valence-electron chi connectivity index (χ4n) is 2.08. The van der Waals surface area contributed by atoms with Crippen LogP contribution in [0.2, 0.25) is 0 Å². The van der Waals surface area contributed by atoms with E-state index in [1.54, 1.807) is 30.3 Å². The second-order valence-electron chi connectivity index (χ2n) is 5.20. The van der Waals surface area contributed by atoms with Gasteiger partial charge in [0.2, 0.25) is 0 Å². The number of nitrogens with one attached hydrogen (secondary N) is 1.